The van der Waals surface area contributed by atoms with Crippen molar-refractivity contribution in [3.8, 4) is 0 Å². The van der Waals surface area contributed by atoms with Gasteiger partial charge in [0.15, 0.2) is 0 Å². The van der Waals surface area contributed by atoms with Gasteiger partial charge < -0.3 is 13.8 Å². The third-order valence-corrected chi connectivity index (χ3v) is 2.90. The molecule has 3 heteroatoms. The molecule has 0 nitrogen and oxygen atoms in total. The largest absolute Gasteiger partial charge is 2.00 e. The number of unbranched alkanes of at least 4 members (excludes halogenated alkanes) is 2. The first-order chi connectivity index (χ1) is 9.58. The number of rotatable bonds is 4. The molecule has 0 bridgehead atoms. The molecule has 0 unspecified atom stereocenters. The Kier molecular flexibility index (Phi) is 33.2. The monoisotopic (exact) mass is 408 g/mol. The van der Waals surface area contributed by atoms with Crippen LogP contribution in [-0.4, -0.2) is 0 Å². The van der Waals surface area contributed by atoms with Crippen LogP contribution in [0.2, 0.25) is 0 Å². The van der Waals surface area contributed by atoms with Crippen LogP contribution >= 0.6 is 15.9 Å². The predicted molar refractivity (Wildman–Crippen MR) is 97.4 cm³/mol. The van der Waals surface area contributed by atoms with Gasteiger partial charge in [-0.15, -0.1) is 12.1 Å². The van der Waals surface area contributed by atoms with Crippen molar-refractivity contribution in [1.82, 2.24) is 0 Å². The fourth-order valence-corrected chi connectivity index (χ4v) is 1.80. The van der Waals surface area contributed by atoms with E-state index in [-0.39, 0.29) is 38.3 Å². The van der Waals surface area contributed by atoms with Crippen LogP contribution in [0.1, 0.15) is 58.9 Å². The molecule has 0 N–H and O–H groups in total. The van der Waals surface area contributed by atoms with Crippen LogP contribution in [-0.2, 0) is 19.5 Å². The molecular formula is C19H30BrLiZn. The maximum absolute atomic E-state index is 3.60. The average molecular weight is 411 g/mol. The Labute approximate surface area is 173 Å². The summed E-state index contributed by atoms with van der Waals surface area (Å²) in [5.74, 6) is 0.506. The number of hydrogen-bond acceptors (Lipinski definition) is 0. The Balaban J connectivity index is -0.000000138. The first-order valence-corrected chi connectivity index (χ1v) is 8.25. The molecule has 0 aliphatic carbocycles. The van der Waals surface area contributed by atoms with E-state index in [1.807, 2.05) is 18.2 Å². The number of halogens is 1. The molecule has 1 rings (SSSR count). The zero-order valence-corrected chi connectivity index (χ0v) is 19.8. The number of hydrogen-bond donors (Lipinski definition) is 0. The van der Waals surface area contributed by atoms with Gasteiger partial charge in [0.2, 0.25) is 0 Å². The molecule has 0 saturated heterocycles. The van der Waals surface area contributed by atoms with Crippen LogP contribution in [0.15, 0.2) is 30.3 Å². The third-order valence-electron chi connectivity index (χ3n) is 2.47. The van der Waals surface area contributed by atoms with E-state index < -0.39 is 0 Å². The quantitative estimate of drug-likeness (QED) is 0.517. The van der Waals surface area contributed by atoms with Gasteiger partial charge in [-0.3, -0.25) is 0 Å². The Bertz CT molecular complexity index is 315. The molecule has 0 atom stereocenters. The van der Waals surface area contributed by atoms with E-state index in [4.69, 9.17) is 0 Å². The minimum atomic E-state index is 0. The summed E-state index contributed by atoms with van der Waals surface area (Å²) in [6.07, 6.45) is 4.56. The summed E-state index contributed by atoms with van der Waals surface area (Å²) in [6, 6.07) is 10.3. The minimum Gasteiger partial charge on any atom is -0.343 e. The van der Waals surface area contributed by atoms with Crippen molar-refractivity contribution in [3.05, 3.63) is 54.7 Å². The van der Waals surface area contributed by atoms with Gasteiger partial charge in [0.25, 0.3) is 0 Å². The smallest absolute Gasteiger partial charge is 0.343 e. The van der Waals surface area contributed by atoms with E-state index in [0.29, 0.717) is 5.92 Å². The van der Waals surface area contributed by atoms with Crippen LogP contribution in [0.25, 0.3) is 5.57 Å². The Morgan fingerprint density at radius 2 is 1.41 bits per heavy atom. The summed E-state index contributed by atoms with van der Waals surface area (Å²) in [7, 11) is 0. The van der Waals surface area contributed by atoms with Crippen LogP contribution < -0.4 is 18.9 Å². The maximum atomic E-state index is 3.60. The van der Waals surface area contributed by atoms with Gasteiger partial charge in [-0.25, -0.2) is 5.57 Å². The molecule has 0 saturated carbocycles. The van der Waals surface area contributed by atoms with Crippen molar-refractivity contribution in [2.45, 2.75) is 53.4 Å². The van der Waals surface area contributed by atoms with Crippen LogP contribution in [0, 0.1) is 24.8 Å². The van der Waals surface area contributed by atoms with Crippen LogP contribution in [0.3, 0.4) is 0 Å². The van der Waals surface area contributed by atoms with Crippen LogP contribution in [0.5, 0.6) is 0 Å². The predicted octanol–water partition coefficient (Wildman–Crippen LogP) is 4.12. The second-order valence-electron chi connectivity index (χ2n) is 4.74. The average Bonchev–Trinajstić information content (AvgIpc) is 2.49. The number of allylic oxidation sites excluding steroid dienone is 1. The summed E-state index contributed by atoms with van der Waals surface area (Å²) >= 11 is 3.27. The summed E-state index contributed by atoms with van der Waals surface area (Å²) in [4.78, 5) is 3.05. The Morgan fingerprint density at radius 3 is 1.64 bits per heavy atom. The zero-order chi connectivity index (χ0) is 15.8. The normalized spacial score (nSPS) is 9.36. The molecular weight excluding hydrogens is 380 g/mol. The summed E-state index contributed by atoms with van der Waals surface area (Å²) in [6.45, 7) is 15.8. The second-order valence-corrected chi connectivity index (χ2v) is 5.13. The first-order valence-electron chi connectivity index (χ1n) is 7.46. The third kappa shape index (κ3) is 18.7. The Hall–Kier alpha value is 0.661. The van der Waals surface area contributed by atoms with Gasteiger partial charge in [0.1, 0.15) is 0 Å². The fraction of sp³-hybridized carbons (Fsp3) is 0.474. The van der Waals surface area contributed by atoms with Gasteiger partial charge in [0.05, 0.1) is 0 Å². The minimum absolute atomic E-state index is 0. The van der Waals surface area contributed by atoms with E-state index in [0.717, 1.165) is 12.8 Å². The molecule has 0 aliphatic rings. The molecule has 0 aromatic heterocycles. The van der Waals surface area contributed by atoms with Crippen molar-refractivity contribution >= 4 is 21.5 Å². The zero-order valence-electron chi connectivity index (χ0n) is 15.3. The van der Waals surface area contributed by atoms with Crippen molar-refractivity contribution in [2.24, 2.45) is 5.92 Å². The van der Waals surface area contributed by atoms with Gasteiger partial charge >= 0.3 is 38.3 Å². The summed E-state index contributed by atoms with van der Waals surface area (Å²) in [5, 5.41) is 0. The second kappa shape index (κ2) is 23.9. The van der Waals surface area contributed by atoms with Crippen molar-refractivity contribution in [2.75, 3.05) is 0 Å². The van der Waals surface area contributed by atoms with Crippen molar-refractivity contribution in [1.29, 1.82) is 0 Å². The van der Waals surface area contributed by atoms with Gasteiger partial charge in [-0.1, -0.05) is 64.7 Å². The molecule has 0 amide bonds. The van der Waals surface area contributed by atoms with Gasteiger partial charge in [-0.05, 0) is 0 Å². The molecule has 0 heterocycles. The topological polar surface area (TPSA) is 0 Å². The SMILES string of the molecule is CC(C)C(=[C-]Br)c1ccccc1.[CH2-]CCC.[CH2-]CCC.[Li+].[Zn+2]. The number of benzene rings is 1. The first kappa shape index (κ1) is 30.5. The Morgan fingerprint density at radius 1 is 1.05 bits per heavy atom. The molecule has 1 aromatic carbocycles. The molecule has 1 aromatic rings. The van der Waals surface area contributed by atoms with Crippen LogP contribution in [0.4, 0.5) is 0 Å². The molecule has 0 radical (unpaired) electrons. The van der Waals surface area contributed by atoms with Gasteiger partial charge in [0, 0.05) is 0 Å². The van der Waals surface area contributed by atoms with E-state index in [2.05, 4.69) is 74.6 Å². The van der Waals surface area contributed by atoms with Gasteiger partial charge in [-0.2, -0.15) is 39.3 Å². The summed E-state index contributed by atoms with van der Waals surface area (Å²) in [5.41, 5.74) is 2.46. The van der Waals surface area contributed by atoms with Crippen molar-refractivity contribution < 1.29 is 38.3 Å². The van der Waals surface area contributed by atoms with E-state index in [9.17, 15) is 0 Å². The van der Waals surface area contributed by atoms with E-state index in [1.54, 1.807) is 0 Å². The fourth-order valence-electron chi connectivity index (χ4n) is 1.11. The van der Waals surface area contributed by atoms with E-state index >= 15 is 0 Å². The molecule has 0 spiro atoms. The molecule has 0 aliphatic heterocycles. The standard InChI is InChI=1S/C11H12Br.2C4H9.Li.Zn/c1-9(2)11(8-12)10-6-4-3-5-7-10;2*1-3-4-2;;/h3-7,9H,1-2H3;2*1,3-4H2,2H3;;/q3*-1;+1;+2. The van der Waals surface area contributed by atoms with Crippen molar-refractivity contribution in [3.63, 3.8) is 0 Å². The molecule has 116 valence electrons. The molecule has 0 fully saturated rings. The summed E-state index contributed by atoms with van der Waals surface area (Å²) < 4.78 is 0. The molecule has 22 heavy (non-hydrogen) atoms. The maximum Gasteiger partial charge on any atom is 2.00 e. The van der Waals surface area contributed by atoms with E-state index in [1.165, 1.54) is 24.0 Å².